The van der Waals surface area contributed by atoms with Crippen LogP contribution in [0.4, 0.5) is 11.5 Å². The van der Waals surface area contributed by atoms with Crippen molar-refractivity contribution in [3.63, 3.8) is 0 Å². The molecule has 1 aromatic heterocycles. The predicted molar refractivity (Wildman–Crippen MR) is 100 cm³/mol. The molecule has 0 aliphatic carbocycles. The summed E-state index contributed by atoms with van der Waals surface area (Å²) in [5.74, 6) is 1.95. The van der Waals surface area contributed by atoms with Gasteiger partial charge in [0.2, 0.25) is 0 Å². The molecule has 2 aromatic rings. The van der Waals surface area contributed by atoms with Crippen molar-refractivity contribution in [3.8, 4) is 0 Å². The third-order valence-corrected chi connectivity index (χ3v) is 4.76. The highest BCUT2D eigenvalue weighted by Crippen LogP contribution is 2.20. The van der Waals surface area contributed by atoms with Crippen molar-refractivity contribution in [1.82, 2.24) is 14.9 Å². The van der Waals surface area contributed by atoms with Crippen LogP contribution < -0.4 is 5.32 Å². The molecule has 0 bridgehead atoms. The second-order valence-electron chi connectivity index (χ2n) is 6.84. The molecule has 1 aliphatic heterocycles. The molecule has 0 radical (unpaired) electrons. The molecule has 1 saturated heterocycles. The van der Waals surface area contributed by atoms with E-state index >= 15 is 0 Å². The molecule has 0 spiro atoms. The van der Waals surface area contributed by atoms with E-state index < -0.39 is 0 Å². The first-order valence-electron chi connectivity index (χ1n) is 9.06. The number of hydrogen-bond acceptors (Lipinski definition) is 4. The third-order valence-electron chi connectivity index (χ3n) is 4.76. The minimum atomic E-state index is 0.00165. The maximum absolute atomic E-state index is 12.8. The zero-order valence-electron chi connectivity index (χ0n) is 15.2. The molecule has 1 N–H and O–H groups in total. The van der Waals surface area contributed by atoms with E-state index in [2.05, 4.69) is 41.3 Å². The number of benzene rings is 1. The van der Waals surface area contributed by atoms with Crippen molar-refractivity contribution in [1.29, 1.82) is 0 Å². The number of aryl methyl sites for hydroxylation is 2. The fraction of sp³-hybridized carbons (Fsp3) is 0.450. The van der Waals surface area contributed by atoms with Gasteiger partial charge in [-0.25, -0.2) is 9.97 Å². The Morgan fingerprint density at radius 2 is 1.88 bits per heavy atom. The summed E-state index contributed by atoms with van der Waals surface area (Å²) in [5, 5.41) is 3.28. The summed E-state index contributed by atoms with van der Waals surface area (Å²) in [6, 6.07) is 10.0. The van der Waals surface area contributed by atoms with Crippen molar-refractivity contribution in [2.75, 3.05) is 18.4 Å². The van der Waals surface area contributed by atoms with Crippen LogP contribution in [0, 0.1) is 12.8 Å². The number of rotatable bonds is 4. The van der Waals surface area contributed by atoms with E-state index in [1.54, 1.807) is 6.07 Å². The van der Waals surface area contributed by atoms with Crippen LogP contribution in [0.3, 0.4) is 0 Å². The monoisotopic (exact) mass is 338 g/mol. The summed E-state index contributed by atoms with van der Waals surface area (Å²) < 4.78 is 0. The Bertz CT molecular complexity index is 734. The molecule has 5 nitrogen and oxygen atoms in total. The minimum absolute atomic E-state index is 0.00165. The van der Waals surface area contributed by atoms with Crippen LogP contribution in [0.2, 0.25) is 0 Å². The lowest BCUT2D eigenvalue weighted by Gasteiger charge is -2.30. The van der Waals surface area contributed by atoms with E-state index in [9.17, 15) is 4.79 Å². The van der Waals surface area contributed by atoms with Gasteiger partial charge in [0, 0.05) is 24.8 Å². The number of hydrogen-bond donors (Lipinski definition) is 1. The van der Waals surface area contributed by atoms with Gasteiger partial charge >= 0.3 is 0 Å². The van der Waals surface area contributed by atoms with Gasteiger partial charge in [-0.1, -0.05) is 26.0 Å². The third kappa shape index (κ3) is 4.35. The molecule has 1 aliphatic rings. The summed E-state index contributed by atoms with van der Waals surface area (Å²) in [6.07, 6.45) is 3.13. The number of anilines is 2. The molecular weight excluding hydrogens is 312 g/mol. The van der Waals surface area contributed by atoms with Crippen LogP contribution in [0.1, 0.15) is 48.6 Å². The summed E-state index contributed by atoms with van der Waals surface area (Å²) >= 11 is 0. The Morgan fingerprint density at radius 3 is 2.52 bits per heavy atom. The molecule has 5 heteroatoms. The lowest BCUT2D eigenvalue weighted by Crippen LogP contribution is -2.38. The van der Waals surface area contributed by atoms with E-state index in [1.165, 1.54) is 5.56 Å². The molecule has 1 fully saturated rings. The van der Waals surface area contributed by atoms with Crippen LogP contribution in [0.5, 0.6) is 0 Å². The summed E-state index contributed by atoms with van der Waals surface area (Å²) in [6.45, 7) is 7.81. The summed E-state index contributed by atoms with van der Waals surface area (Å²) in [4.78, 5) is 23.4. The second-order valence-corrected chi connectivity index (χ2v) is 6.84. The SMILES string of the molecule is CCc1ccc(Nc2cc(C(=O)N3CCC(C)CC3)nc(C)n2)cc1. The largest absolute Gasteiger partial charge is 0.340 e. The first-order valence-corrected chi connectivity index (χ1v) is 9.06. The van der Waals surface area contributed by atoms with Gasteiger partial charge in [0.05, 0.1) is 0 Å². The van der Waals surface area contributed by atoms with Gasteiger partial charge in [-0.3, -0.25) is 4.79 Å². The topological polar surface area (TPSA) is 58.1 Å². The average Bonchev–Trinajstić information content (AvgIpc) is 2.62. The Hall–Kier alpha value is -2.43. The number of likely N-dealkylation sites (tertiary alicyclic amines) is 1. The minimum Gasteiger partial charge on any atom is -0.340 e. The van der Waals surface area contributed by atoms with Gasteiger partial charge in [0.1, 0.15) is 17.3 Å². The van der Waals surface area contributed by atoms with Gasteiger partial charge in [-0.2, -0.15) is 0 Å². The van der Waals surface area contributed by atoms with Gasteiger partial charge < -0.3 is 10.2 Å². The molecule has 1 aromatic carbocycles. The van der Waals surface area contributed by atoms with E-state index in [0.717, 1.165) is 38.0 Å². The summed E-state index contributed by atoms with van der Waals surface area (Å²) in [7, 11) is 0. The van der Waals surface area contributed by atoms with Crippen molar-refractivity contribution < 1.29 is 4.79 Å². The number of piperidine rings is 1. The summed E-state index contributed by atoms with van der Waals surface area (Å²) in [5.41, 5.74) is 2.72. The lowest BCUT2D eigenvalue weighted by atomic mass is 9.99. The fourth-order valence-electron chi connectivity index (χ4n) is 3.09. The van der Waals surface area contributed by atoms with Gasteiger partial charge in [-0.05, 0) is 49.8 Å². The quantitative estimate of drug-likeness (QED) is 0.916. The Labute approximate surface area is 149 Å². The van der Waals surface area contributed by atoms with Crippen molar-refractivity contribution in [2.24, 2.45) is 5.92 Å². The highest BCUT2D eigenvalue weighted by molar-refractivity contribution is 5.93. The van der Waals surface area contributed by atoms with Crippen LogP contribution >= 0.6 is 0 Å². The van der Waals surface area contributed by atoms with Gasteiger partial charge in [0.15, 0.2) is 0 Å². The number of aromatic nitrogens is 2. The number of carbonyl (C=O) groups is 1. The zero-order valence-corrected chi connectivity index (χ0v) is 15.2. The van der Waals surface area contributed by atoms with E-state index in [0.29, 0.717) is 23.3 Å². The van der Waals surface area contributed by atoms with Crippen molar-refractivity contribution in [3.05, 3.63) is 47.4 Å². The first kappa shape index (κ1) is 17.4. The predicted octanol–water partition coefficient (Wildman–Crippen LogP) is 3.96. The molecule has 25 heavy (non-hydrogen) atoms. The Kier molecular flexibility index (Phi) is 5.31. The van der Waals surface area contributed by atoms with Crippen LogP contribution in [0.25, 0.3) is 0 Å². The lowest BCUT2D eigenvalue weighted by molar-refractivity contribution is 0.0691. The van der Waals surface area contributed by atoms with E-state index in [4.69, 9.17) is 0 Å². The fourth-order valence-corrected chi connectivity index (χ4v) is 3.09. The van der Waals surface area contributed by atoms with E-state index in [1.807, 2.05) is 24.0 Å². The van der Waals surface area contributed by atoms with Crippen molar-refractivity contribution >= 4 is 17.4 Å². The Balaban J connectivity index is 1.76. The highest BCUT2D eigenvalue weighted by atomic mass is 16.2. The molecule has 1 amide bonds. The van der Waals surface area contributed by atoms with Crippen LogP contribution in [-0.2, 0) is 6.42 Å². The van der Waals surface area contributed by atoms with Gasteiger partial charge in [0.25, 0.3) is 5.91 Å². The number of amides is 1. The molecule has 0 saturated carbocycles. The number of nitrogens with zero attached hydrogens (tertiary/aromatic N) is 3. The van der Waals surface area contributed by atoms with Crippen LogP contribution in [-0.4, -0.2) is 33.9 Å². The molecular formula is C20H26N4O. The first-order chi connectivity index (χ1) is 12.0. The Morgan fingerprint density at radius 1 is 1.20 bits per heavy atom. The number of nitrogens with one attached hydrogen (secondary N) is 1. The standard InChI is InChI=1S/C20H26N4O/c1-4-16-5-7-17(8-6-16)23-19-13-18(21-15(3)22-19)20(25)24-11-9-14(2)10-12-24/h5-8,13-14H,4,9-12H2,1-3H3,(H,21,22,23). The second kappa shape index (κ2) is 7.64. The molecule has 2 heterocycles. The molecule has 0 unspecified atom stereocenters. The smallest absolute Gasteiger partial charge is 0.272 e. The maximum atomic E-state index is 12.8. The van der Waals surface area contributed by atoms with Crippen LogP contribution in [0.15, 0.2) is 30.3 Å². The maximum Gasteiger partial charge on any atom is 0.272 e. The zero-order chi connectivity index (χ0) is 17.8. The molecule has 3 rings (SSSR count). The van der Waals surface area contributed by atoms with E-state index in [-0.39, 0.29) is 5.91 Å². The number of carbonyl (C=O) groups excluding carboxylic acids is 1. The molecule has 132 valence electrons. The van der Waals surface area contributed by atoms with Gasteiger partial charge in [-0.15, -0.1) is 0 Å². The highest BCUT2D eigenvalue weighted by Gasteiger charge is 2.23. The normalized spacial score (nSPS) is 15.2. The average molecular weight is 338 g/mol. The molecule has 0 atom stereocenters. The van der Waals surface area contributed by atoms with Crippen molar-refractivity contribution in [2.45, 2.75) is 40.0 Å².